The summed E-state index contributed by atoms with van der Waals surface area (Å²) in [5.41, 5.74) is 17.8. The van der Waals surface area contributed by atoms with E-state index in [9.17, 15) is 0 Å². The topological polar surface area (TPSA) is 36.6 Å². The van der Waals surface area contributed by atoms with Gasteiger partial charge < -0.3 is 24.1 Å². The van der Waals surface area contributed by atoms with Gasteiger partial charge in [0.2, 0.25) is 0 Å². The first-order valence-corrected chi connectivity index (χ1v) is 24.5. The molecule has 4 aliphatic rings. The summed E-state index contributed by atoms with van der Waals surface area (Å²) in [6.45, 7) is 7.07. The van der Waals surface area contributed by atoms with Crippen LogP contribution in [-0.2, 0) is 0 Å². The number of furan rings is 1. The Morgan fingerprint density at radius 1 is 0.647 bits per heavy atom. The van der Waals surface area contributed by atoms with Gasteiger partial charge in [-0.3, -0.25) is 0 Å². The van der Waals surface area contributed by atoms with E-state index in [0.717, 1.165) is 70.2 Å². The fourth-order valence-corrected chi connectivity index (χ4v) is 12.0. The normalized spacial score (nSPS) is 20.6. The van der Waals surface area contributed by atoms with Crippen molar-refractivity contribution in [3.05, 3.63) is 228 Å². The van der Waals surface area contributed by atoms with E-state index in [0.29, 0.717) is 29.7 Å². The minimum Gasteiger partial charge on any atom is -0.456 e. The van der Waals surface area contributed by atoms with E-state index >= 15 is 0 Å². The van der Waals surface area contributed by atoms with Gasteiger partial charge in [-0.05, 0) is 140 Å². The maximum atomic E-state index is 6.60. The van der Waals surface area contributed by atoms with Crippen LogP contribution < -0.4 is 15.1 Å². The third-order valence-corrected chi connectivity index (χ3v) is 15.2. The summed E-state index contributed by atoms with van der Waals surface area (Å²) in [4.78, 5) is 5.07. The highest BCUT2D eigenvalue weighted by molar-refractivity contribution is 6.10. The van der Waals surface area contributed by atoms with Crippen LogP contribution in [0.15, 0.2) is 210 Å². The van der Waals surface area contributed by atoms with Crippen molar-refractivity contribution < 1.29 is 4.42 Å². The average Bonchev–Trinajstić information content (AvgIpc) is 4.04. The number of aromatic nitrogens is 1. The van der Waals surface area contributed by atoms with E-state index in [-0.39, 0.29) is 0 Å². The van der Waals surface area contributed by atoms with Crippen LogP contribution in [0.25, 0.3) is 44.0 Å². The number of rotatable bonds is 8. The molecule has 2 aromatic heterocycles. The SMILES string of the molecule is CC1C=CC=C(N2c3ccc(N(c4ccccc4)c4ccc(-n5c6ccccc6c6cc(Nc7ccccc7C7=CCC(C)c8c7oc7ccccc87)ccc65)cc4)cc3C3C(C)CC=CC32)C1. The zero-order valence-electron chi connectivity index (χ0n) is 38.8. The first kappa shape index (κ1) is 40.5. The van der Waals surface area contributed by atoms with E-state index < -0.39 is 0 Å². The second-order valence-electron chi connectivity index (χ2n) is 19.5. The second-order valence-corrected chi connectivity index (χ2v) is 19.5. The number of allylic oxidation sites excluding steroid dienone is 6. The highest BCUT2D eigenvalue weighted by atomic mass is 16.3. The monoisotopic (exact) mass is 882 g/mol. The number of benzene rings is 7. The molecule has 9 aromatic rings. The van der Waals surface area contributed by atoms with Crippen molar-refractivity contribution in [2.75, 3.05) is 15.1 Å². The molecule has 0 fully saturated rings. The molecule has 0 bridgehead atoms. The molecule has 5 heteroatoms. The van der Waals surface area contributed by atoms with Gasteiger partial charge in [0.1, 0.15) is 11.3 Å². The third kappa shape index (κ3) is 6.58. The summed E-state index contributed by atoms with van der Waals surface area (Å²) in [5.74, 6) is 2.90. The zero-order chi connectivity index (χ0) is 45.5. The Labute approximate surface area is 398 Å². The number of para-hydroxylation sites is 4. The lowest BCUT2D eigenvalue weighted by molar-refractivity contribution is 0.422. The summed E-state index contributed by atoms with van der Waals surface area (Å²) < 4.78 is 9.01. The molecule has 0 radical (unpaired) electrons. The molecule has 332 valence electrons. The van der Waals surface area contributed by atoms with Gasteiger partial charge in [0.05, 0.1) is 17.1 Å². The predicted octanol–water partition coefficient (Wildman–Crippen LogP) is 17.0. The molecular formula is C63H54N4O. The lowest BCUT2D eigenvalue weighted by atomic mass is 9.78. The zero-order valence-corrected chi connectivity index (χ0v) is 38.8. The van der Waals surface area contributed by atoms with Crippen LogP contribution in [0.4, 0.5) is 34.1 Å². The number of fused-ring (bicyclic) bond motifs is 9. The minimum absolute atomic E-state index is 0.336. The fourth-order valence-electron chi connectivity index (χ4n) is 12.0. The summed E-state index contributed by atoms with van der Waals surface area (Å²) in [5, 5.41) is 7.49. The molecule has 68 heavy (non-hydrogen) atoms. The van der Waals surface area contributed by atoms with E-state index in [1.807, 2.05) is 0 Å². The molecule has 1 aliphatic heterocycles. The highest BCUT2D eigenvalue weighted by Gasteiger charge is 2.43. The standard InChI is InChI=1S/C63H54N4O/c1-40-15-13-19-47(37-40)67-58-36-33-48(39-54(58)61-41(2)16-14-25-59(61)67)65(44-17-5-4-6-18-44)45-29-31-46(32-30-45)66-56-24-11-8-21-50(56)53-38-43(28-35-57(53)66)64-55-23-10-7-20-49(55)51-34-27-42(3)62-52-22-9-12-26-60(52)68-63(51)62/h4-15,17-26,28-36,38-42,59,61,64H,16,27,37H2,1-3H3. The van der Waals surface area contributed by atoms with Crippen molar-refractivity contribution in [1.29, 1.82) is 0 Å². The lowest BCUT2D eigenvalue weighted by Crippen LogP contribution is -2.36. The van der Waals surface area contributed by atoms with Crippen LogP contribution in [-0.4, -0.2) is 10.6 Å². The van der Waals surface area contributed by atoms with E-state index in [2.05, 4.69) is 241 Å². The Hall–Kier alpha value is -7.76. The van der Waals surface area contributed by atoms with E-state index in [1.165, 1.54) is 55.4 Å². The van der Waals surface area contributed by atoms with E-state index in [1.54, 1.807) is 0 Å². The lowest BCUT2D eigenvalue weighted by Gasteiger charge is -2.36. The first-order chi connectivity index (χ1) is 33.5. The Kier molecular flexibility index (Phi) is 9.67. The number of nitrogens with zero attached hydrogens (tertiary/aromatic N) is 3. The third-order valence-electron chi connectivity index (χ3n) is 15.2. The second kappa shape index (κ2) is 16.2. The molecule has 3 aliphatic carbocycles. The fraction of sp³-hybridized carbons (Fsp3) is 0.175. The van der Waals surface area contributed by atoms with Crippen molar-refractivity contribution in [1.82, 2.24) is 4.57 Å². The van der Waals surface area contributed by atoms with E-state index in [4.69, 9.17) is 4.42 Å². The van der Waals surface area contributed by atoms with Crippen LogP contribution in [0, 0.1) is 11.8 Å². The number of hydrogen-bond acceptors (Lipinski definition) is 4. The highest BCUT2D eigenvalue weighted by Crippen LogP contribution is 2.53. The predicted molar refractivity (Wildman–Crippen MR) is 284 cm³/mol. The summed E-state index contributed by atoms with van der Waals surface area (Å²) in [7, 11) is 0. The molecule has 0 saturated carbocycles. The number of hydrogen-bond donors (Lipinski definition) is 1. The van der Waals surface area contributed by atoms with Crippen molar-refractivity contribution in [3.63, 3.8) is 0 Å². The van der Waals surface area contributed by atoms with Crippen LogP contribution in [0.2, 0.25) is 0 Å². The maximum absolute atomic E-state index is 6.60. The quantitative estimate of drug-likeness (QED) is 0.154. The molecule has 13 rings (SSSR count). The van der Waals surface area contributed by atoms with Crippen LogP contribution in [0.5, 0.6) is 0 Å². The smallest absolute Gasteiger partial charge is 0.139 e. The average molecular weight is 883 g/mol. The van der Waals surface area contributed by atoms with Gasteiger partial charge in [-0.1, -0.05) is 124 Å². The molecule has 3 heterocycles. The molecule has 0 amide bonds. The van der Waals surface area contributed by atoms with Gasteiger partial charge in [0.25, 0.3) is 0 Å². The molecule has 1 N–H and O–H groups in total. The van der Waals surface area contributed by atoms with Gasteiger partial charge in [-0.25, -0.2) is 0 Å². The molecular weight excluding hydrogens is 829 g/mol. The molecule has 5 nitrogen and oxygen atoms in total. The van der Waals surface area contributed by atoms with Gasteiger partial charge in [0, 0.05) is 84.3 Å². The maximum Gasteiger partial charge on any atom is 0.139 e. The molecule has 5 unspecified atom stereocenters. The summed E-state index contributed by atoms with van der Waals surface area (Å²) >= 11 is 0. The van der Waals surface area contributed by atoms with Gasteiger partial charge in [0.15, 0.2) is 0 Å². The number of anilines is 6. The van der Waals surface area contributed by atoms with Crippen LogP contribution in [0.1, 0.15) is 74.3 Å². The van der Waals surface area contributed by atoms with Crippen molar-refractivity contribution in [2.24, 2.45) is 11.8 Å². The molecule has 7 aromatic carbocycles. The minimum atomic E-state index is 0.336. The largest absolute Gasteiger partial charge is 0.456 e. The molecule has 0 saturated heterocycles. The molecule has 0 spiro atoms. The Morgan fingerprint density at radius 3 is 2.26 bits per heavy atom. The van der Waals surface area contributed by atoms with Crippen molar-refractivity contribution in [3.8, 4) is 5.69 Å². The number of nitrogens with one attached hydrogen (secondary N) is 1. The Bertz CT molecular complexity index is 3550. The van der Waals surface area contributed by atoms with Gasteiger partial charge in [-0.15, -0.1) is 0 Å². The Balaban J connectivity index is 0.855. The van der Waals surface area contributed by atoms with Crippen molar-refractivity contribution in [2.45, 2.75) is 57.9 Å². The Morgan fingerprint density at radius 2 is 1.40 bits per heavy atom. The van der Waals surface area contributed by atoms with Crippen LogP contribution >= 0.6 is 0 Å². The van der Waals surface area contributed by atoms with Crippen molar-refractivity contribution >= 4 is 72.5 Å². The first-order valence-electron chi connectivity index (χ1n) is 24.5. The van der Waals surface area contributed by atoms with Gasteiger partial charge in [-0.2, -0.15) is 0 Å². The summed E-state index contributed by atoms with van der Waals surface area (Å²) in [6, 6.07) is 60.2. The summed E-state index contributed by atoms with van der Waals surface area (Å²) in [6.07, 6.45) is 17.3. The molecule has 5 atom stereocenters. The van der Waals surface area contributed by atoms with Gasteiger partial charge >= 0.3 is 0 Å². The van der Waals surface area contributed by atoms with Crippen LogP contribution in [0.3, 0.4) is 0 Å².